The van der Waals surface area contributed by atoms with Gasteiger partial charge in [0.2, 0.25) is 0 Å². The summed E-state index contributed by atoms with van der Waals surface area (Å²) in [4.78, 5) is 0. The molecule has 0 aliphatic heterocycles. The molecule has 0 bridgehead atoms. The Bertz CT molecular complexity index is 450. The van der Waals surface area contributed by atoms with Crippen molar-refractivity contribution in [3.63, 3.8) is 0 Å². The summed E-state index contributed by atoms with van der Waals surface area (Å²) in [6, 6.07) is 6.14. The summed E-state index contributed by atoms with van der Waals surface area (Å²) in [5.41, 5.74) is 2.35. The average molecular weight is 244 g/mol. The topological polar surface area (TPSA) is 29.5 Å². The maximum atomic E-state index is 9.92. The zero-order valence-electron chi connectivity index (χ0n) is 10.6. The van der Waals surface area contributed by atoms with Crippen LogP contribution in [0.5, 0.6) is 5.75 Å². The van der Waals surface area contributed by atoms with Gasteiger partial charge in [0.15, 0.2) is 0 Å². The molecule has 0 amide bonds. The van der Waals surface area contributed by atoms with Crippen molar-refractivity contribution in [1.82, 2.24) is 0 Å². The van der Waals surface area contributed by atoms with Crippen molar-refractivity contribution in [2.45, 2.75) is 50.7 Å². The normalized spacial score (nSPS) is 26.7. The van der Waals surface area contributed by atoms with Gasteiger partial charge in [-0.05, 0) is 67.9 Å². The molecular formula is C16H20O2. The second-order valence-electron chi connectivity index (χ2n) is 5.28. The quantitative estimate of drug-likeness (QED) is 0.806. The summed E-state index contributed by atoms with van der Waals surface area (Å²) in [6.45, 7) is 0. The summed E-state index contributed by atoms with van der Waals surface area (Å²) in [5.74, 6) is 0.944. The van der Waals surface area contributed by atoms with E-state index in [-0.39, 0.29) is 12.2 Å². The smallest absolute Gasteiger partial charge is 0.120 e. The van der Waals surface area contributed by atoms with Crippen LogP contribution < -0.4 is 4.74 Å². The number of fused-ring (bicyclic) bond motifs is 1. The number of rotatable bonds is 2. The lowest BCUT2D eigenvalue weighted by atomic mass is 9.89. The fraction of sp³-hybridized carbons (Fsp3) is 0.500. The molecule has 0 saturated heterocycles. The zero-order valence-corrected chi connectivity index (χ0v) is 10.6. The van der Waals surface area contributed by atoms with Crippen LogP contribution in [0.15, 0.2) is 30.4 Å². The van der Waals surface area contributed by atoms with E-state index in [0.717, 1.165) is 37.0 Å². The molecule has 0 aromatic heterocycles. The van der Waals surface area contributed by atoms with Gasteiger partial charge < -0.3 is 9.84 Å². The molecule has 2 heteroatoms. The molecule has 0 radical (unpaired) electrons. The third-order valence-corrected chi connectivity index (χ3v) is 3.89. The van der Waals surface area contributed by atoms with E-state index in [1.807, 2.05) is 12.1 Å². The second-order valence-corrected chi connectivity index (χ2v) is 5.28. The Morgan fingerprint density at radius 2 is 2.11 bits per heavy atom. The number of aryl methyl sites for hydroxylation is 1. The molecule has 2 aliphatic rings. The molecule has 96 valence electrons. The Labute approximate surface area is 108 Å². The predicted molar refractivity (Wildman–Crippen MR) is 71.7 cm³/mol. The number of allylic oxidation sites excluding steroid dienone is 1. The molecule has 0 spiro atoms. The van der Waals surface area contributed by atoms with Crippen molar-refractivity contribution < 1.29 is 9.84 Å². The lowest BCUT2D eigenvalue weighted by molar-refractivity contribution is 0.156. The van der Waals surface area contributed by atoms with E-state index in [9.17, 15) is 5.11 Å². The summed E-state index contributed by atoms with van der Waals surface area (Å²) in [7, 11) is 0. The molecule has 1 aromatic carbocycles. The van der Waals surface area contributed by atoms with Crippen molar-refractivity contribution in [3.8, 4) is 5.75 Å². The Kier molecular flexibility index (Phi) is 3.37. The highest BCUT2D eigenvalue weighted by molar-refractivity contribution is 5.38. The third-order valence-electron chi connectivity index (χ3n) is 3.89. The first-order valence-electron chi connectivity index (χ1n) is 6.97. The van der Waals surface area contributed by atoms with E-state index in [1.165, 1.54) is 18.4 Å². The minimum Gasteiger partial charge on any atom is -0.486 e. The van der Waals surface area contributed by atoms with Crippen LogP contribution in [0.1, 0.15) is 49.3 Å². The van der Waals surface area contributed by atoms with Gasteiger partial charge in [0, 0.05) is 0 Å². The zero-order chi connectivity index (χ0) is 12.4. The van der Waals surface area contributed by atoms with E-state index in [0.29, 0.717) is 0 Å². The molecule has 0 fully saturated rings. The monoisotopic (exact) mass is 244 g/mol. The molecule has 2 aliphatic carbocycles. The molecule has 1 aromatic rings. The van der Waals surface area contributed by atoms with Gasteiger partial charge in [0.05, 0.1) is 6.10 Å². The Hall–Kier alpha value is -1.28. The summed E-state index contributed by atoms with van der Waals surface area (Å²) < 4.78 is 5.99. The van der Waals surface area contributed by atoms with Crippen molar-refractivity contribution >= 4 is 0 Å². The van der Waals surface area contributed by atoms with Crippen LogP contribution >= 0.6 is 0 Å². The lowest BCUT2D eigenvalue weighted by Gasteiger charge is -2.23. The molecule has 2 unspecified atom stereocenters. The van der Waals surface area contributed by atoms with Crippen LogP contribution in [0.4, 0.5) is 0 Å². The van der Waals surface area contributed by atoms with Gasteiger partial charge in [-0.25, -0.2) is 0 Å². The van der Waals surface area contributed by atoms with Crippen molar-refractivity contribution in [3.05, 3.63) is 41.5 Å². The molecule has 2 nitrogen and oxygen atoms in total. The van der Waals surface area contributed by atoms with Crippen LogP contribution in [-0.4, -0.2) is 11.2 Å². The van der Waals surface area contributed by atoms with Crippen molar-refractivity contribution in [1.29, 1.82) is 0 Å². The molecule has 3 rings (SSSR count). The van der Waals surface area contributed by atoms with Gasteiger partial charge in [-0.15, -0.1) is 0 Å². The van der Waals surface area contributed by atoms with Crippen molar-refractivity contribution in [2.24, 2.45) is 0 Å². The number of aliphatic hydroxyl groups excluding tert-OH is 1. The molecule has 1 N–H and O–H groups in total. The predicted octanol–water partition coefficient (Wildman–Crippen LogP) is 3.54. The van der Waals surface area contributed by atoms with Gasteiger partial charge in [-0.1, -0.05) is 12.1 Å². The number of benzene rings is 1. The molecule has 2 atom stereocenters. The first kappa shape index (κ1) is 11.8. The number of ether oxygens (including phenoxy) is 1. The van der Waals surface area contributed by atoms with Gasteiger partial charge in [0.25, 0.3) is 0 Å². The van der Waals surface area contributed by atoms with Gasteiger partial charge in [0.1, 0.15) is 11.9 Å². The Balaban J connectivity index is 1.77. The maximum Gasteiger partial charge on any atom is 0.120 e. The summed E-state index contributed by atoms with van der Waals surface area (Å²) >= 11 is 0. The van der Waals surface area contributed by atoms with Crippen LogP contribution in [0, 0.1) is 0 Å². The maximum absolute atomic E-state index is 9.92. The van der Waals surface area contributed by atoms with Crippen LogP contribution in [0.25, 0.3) is 0 Å². The van der Waals surface area contributed by atoms with Gasteiger partial charge in [-0.3, -0.25) is 0 Å². The molecule has 0 saturated carbocycles. The Morgan fingerprint density at radius 3 is 2.94 bits per heavy atom. The van der Waals surface area contributed by atoms with E-state index < -0.39 is 0 Å². The van der Waals surface area contributed by atoms with E-state index in [1.54, 1.807) is 0 Å². The van der Waals surface area contributed by atoms with E-state index in [2.05, 4.69) is 18.2 Å². The highest BCUT2D eigenvalue weighted by atomic mass is 16.5. The highest BCUT2D eigenvalue weighted by Crippen LogP contribution is 2.32. The summed E-state index contributed by atoms with van der Waals surface area (Å²) in [6.07, 6.45) is 10.8. The van der Waals surface area contributed by atoms with Crippen LogP contribution in [0.3, 0.4) is 0 Å². The SMILES string of the molecule is OC1CCCc2cc(OC3C=CCCC3)ccc21. The number of hydrogen-bond donors (Lipinski definition) is 1. The fourth-order valence-corrected chi connectivity index (χ4v) is 2.89. The second kappa shape index (κ2) is 5.15. The van der Waals surface area contributed by atoms with Crippen LogP contribution in [0.2, 0.25) is 0 Å². The first-order chi connectivity index (χ1) is 8.83. The fourth-order valence-electron chi connectivity index (χ4n) is 2.89. The first-order valence-corrected chi connectivity index (χ1v) is 6.97. The van der Waals surface area contributed by atoms with E-state index in [4.69, 9.17) is 4.74 Å². The number of hydrogen-bond acceptors (Lipinski definition) is 2. The highest BCUT2D eigenvalue weighted by Gasteiger charge is 2.19. The molecular weight excluding hydrogens is 224 g/mol. The van der Waals surface area contributed by atoms with Crippen molar-refractivity contribution in [2.75, 3.05) is 0 Å². The third kappa shape index (κ3) is 2.44. The average Bonchev–Trinajstić information content (AvgIpc) is 2.40. The minimum atomic E-state index is -0.280. The lowest BCUT2D eigenvalue weighted by Crippen LogP contribution is -2.16. The standard InChI is InChI=1S/C16H20O2/c17-16-8-4-5-12-11-14(9-10-15(12)16)18-13-6-2-1-3-7-13/h2,6,9-11,13,16-17H,1,3-5,7-8H2. The van der Waals surface area contributed by atoms with Crippen LogP contribution in [-0.2, 0) is 6.42 Å². The molecule has 18 heavy (non-hydrogen) atoms. The minimum absolute atomic E-state index is 0.227. The van der Waals surface area contributed by atoms with Gasteiger partial charge in [-0.2, -0.15) is 0 Å². The molecule has 0 heterocycles. The Morgan fingerprint density at radius 1 is 1.17 bits per heavy atom. The summed E-state index contributed by atoms with van der Waals surface area (Å²) in [5, 5.41) is 9.92. The van der Waals surface area contributed by atoms with Gasteiger partial charge >= 0.3 is 0 Å². The largest absolute Gasteiger partial charge is 0.486 e. The number of aliphatic hydroxyl groups is 1. The van der Waals surface area contributed by atoms with E-state index >= 15 is 0 Å².